The minimum absolute atomic E-state index is 0.193. The van der Waals surface area contributed by atoms with Gasteiger partial charge in [0.1, 0.15) is 11.6 Å². The smallest absolute Gasteiger partial charge is 0.416 e. The maximum absolute atomic E-state index is 13.2. The molecule has 146 valence electrons. The second kappa shape index (κ2) is 8.28. The normalized spacial score (nSPS) is 12.4. The zero-order valence-corrected chi connectivity index (χ0v) is 15.5. The van der Waals surface area contributed by atoms with Crippen molar-refractivity contribution in [3.8, 4) is 17.0 Å². The van der Waals surface area contributed by atoms with Gasteiger partial charge < -0.3 is 14.4 Å². The molecular formula is C19H21F3N2O3. The number of halogens is 3. The molecule has 0 aliphatic heterocycles. The van der Waals surface area contributed by atoms with Crippen LogP contribution in [0.4, 0.5) is 19.0 Å². The third-order valence-electron chi connectivity index (χ3n) is 3.68. The summed E-state index contributed by atoms with van der Waals surface area (Å²) < 4.78 is 49.8. The molecule has 1 atom stereocenters. The minimum atomic E-state index is -4.47. The van der Waals surface area contributed by atoms with E-state index in [0.717, 1.165) is 12.1 Å². The van der Waals surface area contributed by atoms with Gasteiger partial charge in [-0.25, -0.2) is 9.78 Å². The SMILES string of the molecule is CCOC(=O)C(C)Oc1ccc(-c2cc(C(F)(F)F)cc(N(C)C)n2)cc1. The fourth-order valence-electron chi connectivity index (χ4n) is 2.27. The van der Waals surface area contributed by atoms with Crippen LogP contribution in [0.15, 0.2) is 36.4 Å². The molecular weight excluding hydrogens is 361 g/mol. The van der Waals surface area contributed by atoms with Crippen LogP contribution in [0, 0.1) is 0 Å². The summed E-state index contributed by atoms with van der Waals surface area (Å²) in [6.45, 7) is 3.51. The molecule has 8 heteroatoms. The van der Waals surface area contributed by atoms with Crippen LogP contribution >= 0.6 is 0 Å². The van der Waals surface area contributed by atoms with Gasteiger partial charge in [-0.15, -0.1) is 0 Å². The number of esters is 1. The van der Waals surface area contributed by atoms with Crippen LogP contribution < -0.4 is 9.64 Å². The molecule has 2 rings (SSSR count). The lowest BCUT2D eigenvalue weighted by atomic mass is 10.1. The lowest BCUT2D eigenvalue weighted by molar-refractivity contribution is -0.150. The summed E-state index contributed by atoms with van der Waals surface area (Å²) >= 11 is 0. The molecule has 0 bridgehead atoms. The van der Waals surface area contributed by atoms with Crippen molar-refractivity contribution in [1.82, 2.24) is 4.98 Å². The highest BCUT2D eigenvalue weighted by Crippen LogP contribution is 2.34. The van der Waals surface area contributed by atoms with Crippen molar-refractivity contribution in [1.29, 1.82) is 0 Å². The first kappa shape index (κ1) is 20.5. The number of aromatic nitrogens is 1. The Hall–Kier alpha value is -2.77. The Morgan fingerprint density at radius 2 is 1.81 bits per heavy atom. The Balaban J connectivity index is 2.28. The highest BCUT2D eigenvalue weighted by Gasteiger charge is 2.32. The van der Waals surface area contributed by atoms with E-state index in [9.17, 15) is 18.0 Å². The van der Waals surface area contributed by atoms with Gasteiger partial charge in [0.2, 0.25) is 0 Å². The second-order valence-electron chi connectivity index (χ2n) is 6.03. The lowest BCUT2D eigenvalue weighted by Gasteiger charge is -2.17. The van der Waals surface area contributed by atoms with E-state index in [1.807, 2.05) is 0 Å². The number of benzene rings is 1. The number of nitrogens with zero attached hydrogens (tertiary/aromatic N) is 2. The van der Waals surface area contributed by atoms with E-state index in [1.165, 1.54) is 4.90 Å². The van der Waals surface area contributed by atoms with E-state index >= 15 is 0 Å². The van der Waals surface area contributed by atoms with Crippen LogP contribution in [0.5, 0.6) is 5.75 Å². The Kier molecular flexibility index (Phi) is 6.30. The number of hydrogen-bond acceptors (Lipinski definition) is 5. The van der Waals surface area contributed by atoms with Gasteiger partial charge in [-0.3, -0.25) is 0 Å². The quantitative estimate of drug-likeness (QED) is 0.702. The third kappa shape index (κ3) is 5.35. The standard InChI is InChI=1S/C19H21F3N2O3/c1-5-26-18(25)12(2)27-15-8-6-13(7-9-15)16-10-14(19(20,21)22)11-17(23-16)24(3)4/h6-12H,5H2,1-4H3. The van der Waals surface area contributed by atoms with Gasteiger partial charge in [-0.1, -0.05) is 0 Å². The molecule has 1 aromatic heterocycles. The molecule has 0 fully saturated rings. The highest BCUT2D eigenvalue weighted by molar-refractivity contribution is 5.74. The Labute approximate surface area is 155 Å². The number of carbonyl (C=O) groups is 1. The number of alkyl halides is 3. The third-order valence-corrected chi connectivity index (χ3v) is 3.68. The van der Waals surface area contributed by atoms with Crippen molar-refractivity contribution in [2.24, 2.45) is 0 Å². The summed E-state index contributed by atoms with van der Waals surface area (Å²) in [5.74, 6) is 0.118. The van der Waals surface area contributed by atoms with Crippen LogP contribution in [-0.2, 0) is 15.7 Å². The molecule has 1 aromatic carbocycles. The zero-order valence-electron chi connectivity index (χ0n) is 15.5. The van der Waals surface area contributed by atoms with Gasteiger partial charge in [0.15, 0.2) is 6.10 Å². The van der Waals surface area contributed by atoms with E-state index < -0.39 is 23.8 Å². The van der Waals surface area contributed by atoms with Gasteiger partial charge in [0, 0.05) is 19.7 Å². The number of hydrogen-bond donors (Lipinski definition) is 0. The largest absolute Gasteiger partial charge is 0.479 e. The summed E-state index contributed by atoms with van der Waals surface area (Å²) in [5, 5.41) is 0. The van der Waals surface area contributed by atoms with Gasteiger partial charge >= 0.3 is 12.1 Å². The number of carbonyl (C=O) groups excluding carboxylic acids is 1. The number of anilines is 1. The second-order valence-corrected chi connectivity index (χ2v) is 6.03. The van der Waals surface area contributed by atoms with Crippen molar-refractivity contribution in [2.45, 2.75) is 26.1 Å². The average molecular weight is 382 g/mol. The lowest BCUT2D eigenvalue weighted by Crippen LogP contribution is -2.25. The van der Waals surface area contributed by atoms with E-state index in [1.54, 1.807) is 52.2 Å². The van der Waals surface area contributed by atoms with E-state index in [4.69, 9.17) is 9.47 Å². The number of ether oxygens (including phenoxy) is 2. The van der Waals surface area contributed by atoms with Crippen molar-refractivity contribution < 1.29 is 27.4 Å². The van der Waals surface area contributed by atoms with Crippen LogP contribution in [0.1, 0.15) is 19.4 Å². The van der Waals surface area contributed by atoms with Gasteiger partial charge in [0.25, 0.3) is 0 Å². The fourth-order valence-corrected chi connectivity index (χ4v) is 2.27. The van der Waals surface area contributed by atoms with Crippen molar-refractivity contribution in [2.75, 3.05) is 25.6 Å². The predicted octanol–water partition coefficient (Wildman–Crippen LogP) is 4.16. The first-order valence-electron chi connectivity index (χ1n) is 8.32. The minimum Gasteiger partial charge on any atom is -0.479 e. The van der Waals surface area contributed by atoms with E-state index in [-0.39, 0.29) is 18.1 Å². The zero-order chi connectivity index (χ0) is 20.2. The molecule has 5 nitrogen and oxygen atoms in total. The molecule has 0 saturated carbocycles. The van der Waals surface area contributed by atoms with Gasteiger partial charge in [0.05, 0.1) is 17.9 Å². The van der Waals surface area contributed by atoms with Crippen molar-refractivity contribution in [3.05, 3.63) is 42.0 Å². The molecule has 1 heterocycles. The summed E-state index contributed by atoms with van der Waals surface area (Å²) in [4.78, 5) is 17.4. The predicted molar refractivity (Wildman–Crippen MR) is 95.7 cm³/mol. The highest BCUT2D eigenvalue weighted by atomic mass is 19.4. The van der Waals surface area contributed by atoms with E-state index in [2.05, 4.69) is 4.98 Å². The Morgan fingerprint density at radius 3 is 2.33 bits per heavy atom. The molecule has 1 unspecified atom stereocenters. The number of rotatable bonds is 6. The molecule has 0 amide bonds. The molecule has 0 saturated heterocycles. The molecule has 0 radical (unpaired) electrons. The summed E-state index contributed by atoms with van der Waals surface area (Å²) in [5.41, 5.74) is -0.0775. The molecule has 0 spiro atoms. The molecule has 2 aromatic rings. The molecule has 0 aliphatic carbocycles. The summed E-state index contributed by atoms with van der Waals surface area (Å²) in [7, 11) is 3.25. The molecule has 0 N–H and O–H groups in total. The maximum atomic E-state index is 13.2. The van der Waals surface area contributed by atoms with Crippen molar-refractivity contribution in [3.63, 3.8) is 0 Å². The average Bonchev–Trinajstić information content (AvgIpc) is 2.61. The van der Waals surface area contributed by atoms with Crippen LogP contribution in [0.25, 0.3) is 11.3 Å². The maximum Gasteiger partial charge on any atom is 0.416 e. The molecule has 0 aliphatic rings. The Bertz CT molecular complexity index is 790. The fraction of sp³-hybridized carbons (Fsp3) is 0.368. The van der Waals surface area contributed by atoms with Crippen molar-refractivity contribution >= 4 is 11.8 Å². The Morgan fingerprint density at radius 1 is 1.19 bits per heavy atom. The number of pyridine rings is 1. The van der Waals surface area contributed by atoms with E-state index in [0.29, 0.717) is 11.3 Å². The van der Waals surface area contributed by atoms with Crippen LogP contribution in [0.3, 0.4) is 0 Å². The van der Waals surface area contributed by atoms with Gasteiger partial charge in [-0.2, -0.15) is 13.2 Å². The first-order valence-corrected chi connectivity index (χ1v) is 8.32. The van der Waals surface area contributed by atoms with Crippen LogP contribution in [-0.4, -0.2) is 37.8 Å². The van der Waals surface area contributed by atoms with Crippen LogP contribution in [0.2, 0.25) is 0 Å². The summed E-state index contributed by atoms with van der Waals surface area (Å²) in [6.07, 6.45) is -5.26. The topological polar surface area (TPSA) is 51.7 Å². The monoisotopic (exact) mass is 382 g/mol. The van der Waals surface area contributed by atoms with Gasteiger partial charge in [-0.05, 0) is 50.2 Å². The first-order chi connectivity index (χ1) is 12.6. The molecule has 27 heavy (non-hydrogen) atoms. The summed E-state index contributed by atoms with van der Waals surface area (Å²) in [6, 6.07) is 8.33.